The van der Waals surface area contributed by atoms with E-state index < -0.39 is 0 Å². The minimum absolute atomic E-state index is 0.191. The van der Waals surface area contributed by atoms with Gasteiger partial charge in [-0.25, -0.2) is 4.98 Å². The molecule has 1 atom stereocenters. The molecule has 6 heteroatoms. The third-order valence-electron chi connectivity index (χ3n) is 4.57. The van der Waals surface area contributed by atoms with Gasteiger partial charge in [0.15, 0.2) is 5.89 Å². The number of hydrogen-bond donors (Lipinski definition) is 1. The Kier molecular flexibility index (Phi) is 4.00. The highest BCUT2D eigenvalue weighted by atomic mass is 32.2. The molecule has 2 aromatic rings. The minimum Gasteiger partial charge on any atom is -0.446 e. The van der Waals surface area contributed by atoms with E-state index in [4.69, 9.17) is 4.42 Å². The number of nitrogens with zero attached hydrogens (tertiary/aromatic N) is 1. The maximum absolute atomic E-state index is 11.7. The van der Waals surface area contributed by atoms with Gasteiger partial charge in [0.25, 0.3) is 5.24 Å². The average Bonchev–Trinajstić information content (AvgIpc) is 3.17. The van der Waals surface area contributed by atoms with E-state index >= 15 is 0 Å². The second-order valence-corrected chi connectivity index (χ2v) is 7.69. The van der Waals surface area contributed by atoms with Crippen LogP contribution in [0.2, 0.25) is 0 Å². The van der Waals surface area contributed by atoms with Crippen molar-refractivity contribution in [3.05, 3.63) is 57.8 Å². The van der Waals surface area contributed by atoms with Crippen molar-refractivity contribution >= 4 is 29.0 Å². The van der Waals surface area contributed by atoms with E-state index in [9.17, 15) is 9.59 Å². The SMILES string of the molecule is Cc1nc(CC2=Cc3cc(CC4SC(=O)NC4=O)ccc3C2)c(C)o1. The zero-order valence-electron chi connectivity index (χ0n) is 14.1. The van der Waals surface area contributed by atoms with Crippen molar-refractivity contribution in [3.63, 3.8) is 0 Å². The number of thioether (sulfide) groups is 1. The van der Waals surface area contributed by atoms with Crippen molar-refractivity contribution in [1.29, 1.82) is 0 Å². The fraction of sp³-hybridized carbons (Fsp3) is 0.316. The monoisotopic (exact) mass is 354 g/mol. The summed E-state index contributed by atoms with van der Waals surface area (Å²) >= 11 is 1.07. The van der Waals surface area contributed by atoms with Crippen molar-refractivity contribution in [2.24, 2.45) is 0 Å². The van der Waals surface area contributed by atoms with Gasteiger partial charge >= 0.3 is 0 Å². The Balaban J connectivity index is 1.50. The third-order valence-corrected chi connectivity index (χ3v) is 5.55. The molecule has 25 heavy (non-hydrogen) atoms. The van der Waals surface area contributed by atoms with Gasteiger partial charge in [-0.05, 0) is 36.5 Å². The molecule has 1 saturated heterocycles. The van der Waals surface area contributed by atoms with Crippen LogP contribution in [0.5, 0.6) is 0 Å². The Morgan fingerprint density at radius 2 is 2.16 bits per heavy atom. The van der Waals surface area contributed by atoms with E-state index in [1.807, 2.05) is 13.8 Å². The quantitative estimate of drug-likeness (QED) is 0.911. The Labute approximate surface area is 149 Å². The highest BCUT2D eigenvalue weighted by Gasteiger charge is 2.31. The third kappa shape index (κ3) is 3.26. The van der Waals surface area contributed by atoms with Crippen LogP contribution in [0.15, 0.2) is 28.2 Å². The molecule has 0 bridgehead atoms. The van der Waals surface area contributed by atoms with E-state index in [0.717, 1.165) is 41.6 Å². The van der Waals surface area contributed by atoms with Crippen LogP contribution < -0.4 is 5.32 Å². The molecule has 1 aromatic carbocycles. The van der Waals surface area contributed by atoms with Crippen LogP contribution in [0.4, 0.5) is 4.79 Å². The number of aromatic nitrogens is 1. The van der Waals surface area contributed by atoms with Gasteiger partial charge in [0.1, 0.15) is 5.76 Å². The summed E-state index contributed by atoms with van der Waals surface area (Å²) in [7, 11) is 0. The first kappa shape index (κ1) is 16.1. The van der Waals surface area contributed by atoms with E-state index in [1.165, 1.54) is 16.7 Å². The summed E-state index contributed by atoms with van der Waals surface area (Å²) in [6.07, 6.45) is 4.48. The molecule has 1 N–H and O–H groups in total. The first-order valence-corrected chi connectivity index (χ1v) is 9.11. The number of allylic oxidation sites excluding steroid dienone is 1. The number of amides is 2. The van der Waals surface area contributed by atoms with Gasteiger partial charge in [-0.1, -0.05) is 41.6 Å². The first-order valence-electron chi connectivity index (χ1n) is 8.23. The Hall–Kier alpha value is -2.34. The lowest BCUT2D eigenvalue weighted by atomic mass is 10.0. The number of hydrogen-bond acceptors (Lipinski definition) is 5. The molecule has 1 aliphatic carbocycles. The summed E-state index contributed by atoms with van der Waals surface area (Å²) in [5.74, 6) is 1.39. The van der Waals surface area contributed by atoms with Crippen LogP contribution in [0.1, 0.15) is 34.0 Å². The number of nitrogens with one attached hydrogen (secondary N) is 1. The Morgan fingerprint density at radius 3 is 2.84 bits per heavy atom. The molecule has 5 nitrogen and oxygen atoms in total. The van der Waals surface area contributed by atoms with Crippen LogP contribution >= 0.6 is 11.8 Å². The minimum atomic E-state index is -0.323. The van der Waals surface area contributed by atoms with Crippen molar-refractivity contribution in [3.8, 4) is 0 Å². The molecule has 1 fully saturated rings. The molecule has 2 aliphatic rings. The molecule has 0 spiro atoms. The molecule has 1 aliphatic heterocycles. The van der Waals surface area contributed by atoms with E-state index in [1.54, 1.807) is 0 Å². The molecule has 4 rings (SSSR count). The van der Waals surface area contributed by atoms with E-state index in [0.29, 0.717) is 12.3 Å². The summed E-state index contributed by atoms with van der Waals surface area (Å²) < 4.78 is 5.51. The number of benzene rings is 1. The molecule has 2 heterocycles. The maximum atomic E-state index is 11.7. The molecule has 0 saturated carbocycles. The second kappa shape index (κ2) is 6.19. The number of aryl methyl sites for hydroxylation is 2. The summed E-state index contributed by atoms with van der Waals surface area (Å²) in [5, 5.41) is 1.76. The van der Waals surface area contributed by atoms with Crippen molar-refractivity contribution < 1.29 is 14.0 Å². The summed E-state index contributed by atoms with van der Waals surface area (Å²) in [5.41, 5.74) is 5.87. The van der Waals surface area contributed by atoms with Gasteiger partial charge in [-0.2, -0.15) is 0 Å². The van der Waals surface area contributed by atoms with Crippen molar-refractivity contribution in [1.82, 2.24) is 10.3 Å². The average molecular weight is 354 g/mol. The molecule has 0 radical (unpaired) electrons. The van der Waals surface area contributed by atoms with Gasteiger partial charge in [0, 0.05) is 13.3 Å². The van der Waals surface area contributed by atoms with Gasteiger partial charge < -0.3 is 4.42 Å². The highest BCUT2D eigenvalue weighted by molar-refractivity contribution is 8.15. The van der Waals surface area contributed by atoms with Crippen LogP contribution in [-0.2, 0) is 24.1 Å². The van der Waals surface area contributed by atoms with E-state index in [2.05, 4.69) is 34.6 Å². The fourth-order valence-electron chi connectivity index (χ4n) is 3.39. The number of rotatable bonds is 4. The number of carbonyl (C=O) groups excluding carboxylic acids is 2. The van der Waals surface area contributed by atoms with Gasteiger partial charge in [0.2, 0.25) is 5.91 Å². The summed E-state index contributed by atoms with van der Waals surface area (Å²) in [6.45, 7) is 3.81. The number of carbonyl (C=O) groups is 2. The lowest BCUT2D eigenvalue weighted by Gasteiger charge is -2.07. The van der Waals surface area contributed by atoms with Crippen LogP contribution in [-0.4, -0.2) is 21.4 Å². The molecular formula is C19H18N2O3S. The van der Waals surface area contributed by atoms with Gasteiger partial charge in [-0.15, -0.1) is 0 Å². The molecule has 1 aromatic heterocycles. The molecular weight excluding hydrogens is 336 g/mol. The van der Waals surface area contributed by atoms with Gasteiger partial charge in [0.05, 0.1) is 10.9 Å². The predicted molar refractivity (Wildman–Crippen MR) is 96.4 cm³/mol. The van der Waals surface area contributed by atoms with E-state index in [-0.39, 0.29) is 16.4 Å². The number of imide groups is 1. The largest absolute Gasteiger partial charge is 0.446 e. The van der Waals surface area contributed by atoms with Crippen molar-refractivity contribution in [2.45, 2.75) is 38.4 Å². The lowest BCUT2D eigenvalue weighted by molar-refractivity contribution is -0.118. The summed E-state index contributed by atoms with van der Waals surface area (Å²) in [4.78, 5) is 27.5. The standard InChI is InChI=1S/C19H18N2O3S/c1-10-16(20-11(2)24-10)8-13-6-14-4-3-12(5-15(14)7-13)9-17-18(22)21-19(23)25-17/h3-5,7,17H,6,8-9H2,1-2H3,(H,21,22,23). The predicted octanol–water partition coefficient (Wildman–Crippen LogP) is 3.37. The normalized spacial score (nSPS) is 19.1. The van der Waals surface area contributed by atoms with Crippen LogP contribution in [0.3, 0.4) is 0 Å². The zero-order valence-corrected chi connectivity index (χ0v) is 14.9. The second-order valence-electron chi connectivity index (χ2n) is 6.51. The zero-order chi connectivity index (χ0) is 17.6. The maximum Gasteiger partial charge on any atom is 0.286 e. The molecule has 128 valence electrons. The number of fused-ring (bicyclic) bond motifs is 1. The van der Waals surface area contributed by atoms with Crippen molar-refractivity contribution in [2.75, 3.05) is 0 Å². The van der Waals surface area contributed by atoms with Crippen LogP contribution in [0, 0.1) is 13.8 Å². The topological polar surface area (TPSA) is 72.2 Å². The fourth-order valence-corrected chi connectivity index (χ4v) is 4.25. The smallest absolute Gasteiger partial charge is 0.286 e. The summed E-state index contributed by atoms with van der Waals surface area (Å²) in [6, 6.07) is 6.30. The highest BCUT2D eigenvalue weighted by Crippen LogP contribution is 2.30. The first-order chi connectivity index (χ1) is 12.0. The number of oxazole rings is 1. The molecule has 2 amide bonds. The van der Waals surface area contributed by atoms with Crippen LogP contribution in [0.25, 0.3) is 6.08 Å². The lowest BCUT2D eigenvalue weighted by Crippen LogP contribution is -2.25. The molecule has 1 unspecified atom stereocenters. The van der Waals surface area contributed by atoms with Gasteiger partial charge in [-0.3, -0.25) is 14.9 Å². The Morgan fingerprint density at radius 1 is 1.32 bits per heavy atom. The Bertz CT molecular complexity index is 913.